The molecule has 0 spiro atoms. The molecule has 2 aromatic rings. The van der Waals surface area contributed by atoms with E-state index >= 15 is 0 Å². The number of aryl methyl sites for hydroxylation is 1. The van der Waals surface area contributed by atoms with E-state index in [1.165, 1.54) is 18.4 Å². The zero-order valence-corrected chi connectivity index (χ0v) is 13.3. The molecule has 2 heterocycles. The number of esters is 1. The second-order valence-electron chi connectivity index (χ2n) is 4.74. The highest BCUT2D eigenvalue weighted by atomic mass is 32.1. The van der Waals surface area contributed by atoms with Gasteiger partial charge in [-0.15, -0.1) is 11.3 Å². The highest BCUT2D eigenvalue weighted by molar-refractivity contribution is 7.15. The van der Waals surface area contributed by atoms with Crippen molar-refractivity contribution >= 4 is 28.2 Å². The summed E-state index contributed by atoms with van der Waals surface area (Å²) in [6, 6.07) is 0. The maximum Gasteiger partial charge on any atom is 0.307 e. The van der Waals surface area contributed by atoms with E-state index in [4.69, 9.17) is 0 Å². The molecule has 6 nitrogen and oxygen atoms in total. The summed E-state index contributed by atoms with van der Waals surface area (Å²) in [6.45, 7) is 4.80. The van der Waals surface area contributed by atoms with Gasteiger partial charge in [0.25, 0.3) is 0 Å². The van der Waals surface area contributed by atoms with Crippen LogP contribution in [0.1, 0.15) is 24.7 Å². The van der Waals surface area contributed by atoms with Gasteiger partial charge in [-0.25, -0.2) is 4.98 Å². The first-order valence-corrected chi connectivity index (χ1v) is 7.69. The van der Waals surface area contributed by atoms with Crippen molar-refractivity contribution in [2.75, 3.05) is 20.2 Å². The minimum atomic E-state index is -0.301. The van der Waals surface area contributed by atoms with Crippen LogP contribution in [0.5, 0.6) is 0 Å². The highest BCUT2D eigenvalue weighted by Gasteiger charge is 2.16. The van der Waals surface area contributed by atoms with Crippen molar-refractivity contribution in [2.24, 2.45) is 0 Å². The van der Waals surface area contributed by atoms with Gasteiger partial charge >= 0.3 is 5.97 Å². The minimum Gasteiger partial charge on any atom is -0.469 e. The molecule has 0 fully saturated rings. The fourth-order valence-corrected chi connectivity index (χ4v) is 3.04. The summed E-state index contributed by atoms with van der Waals surface area (Å²) in [5.74, 6) is -0.295. The number of rotatable bonds is 6. The van der Waals surface area contributed by atoms with Crippen molar-refractivity contribution in [1.82, 2.24) is 14.3 Å². The monoisotopic (exact) mass is 309 g/mol. The Kier molecular flexibility index (Phi) is 4.95. The molecular weight excluding hydrogens is 290 g/mol. The van der Waals surface area contributed by atoms with E-state index in [1.807, 2.05) is 29.8 Å². The van der Waals surface area contributed by atoms with Gasteiger partial charge in [-0.3, -0.25) is 14.0 Å². The Morgan fingerprint density at radius 1 is 1.48 bits per heavy atom. The molecule has 0 atom stereocenters. The summed E-state index contributed by atoms with van der Waals surface area (Å²) in [5, 5.41) is 1.95. The third kappa shape index (κ3) is 3.60. The summed E-state index contributed by atoms with van der Waals surface area (Å²) in [6.07, 6.45) is 2.46. The van der Waals surface area contributed by atoms with E-state index in [1.54, 1.807) is 4.90 Å². The van der Waals surface area contributed by atoms with Gasteiger partial charge in [0, 0.05) is 30.4 Å². The molecule has 0 aliphatic heterocycles. The van der Waals surface area contributed by atoms with Gasteiger partial charge in [0.05, 0.1) is 25.6 Å². The Morgan fingerprint density at radius 2 is 2.24 bits per heavy atom. The second-order valence-corrected chi connectivity index (χ2v) is 5.57. The van der Waals surface area contributed by atoms with Crippen LogP contribution in [-0.2, 0) is 20.7 Å². The lowest BCUT2D eigenvalue weighted by Crippen LogP contribution is -2.34. The van der Waals surface area contributed by atoms with E-state index in [9.17, 15) is 9.59 Å². The van der Waals surface area contributed by atoms with Crippen LogP contribution in [-0.4, -0.2) is 46.4 Å². The molecule has 7 heteroatoms. The standard InChI is InChI=1S/C14H19N3O3S/c1-4-16(6-5-13(19)20-3)12(18)7-11-9-21-14-15-10(2)8-17(11)14/h8-9H,4-7H2,1-3H3. The number of nitrogens with zero attached hydrogens (tertiary/aromatic N) is 3. The predicted molar refractivity (Wildman–Crippen MR) is 80.4 cm³/mol. The van der Waals surface area contributed by atoms with Crippen LogP contribution < -0.4 is 0 Å². The number of amides is 1. The summed E-state index contributed by atoms with van der Waals surface area (Å²) in [5.41, 5.74) is 1.87. The number of likely N-dealkylation sites (N-methyl/N-ethyl adjacent to an activating group) is 1. The van der Waals surface area contributed by atoms with Crippen molar-refractivity contribution in [2.45, 2.75) is 26.7 Å². The molecule has 0 radical (unpaired) electrons. The van der Waals surface area contributed by atoms with Crippen LogP contribution in [0.3, 0.4) is 0 Å². The number of imidazole rings is 1. The van der Waals surface area contributed by atoms with Crippen molar-refractivity contribution in [3.63, 3.8) is 0 Å². The number of methoxy groups -OCH3 is 1. The molecule has 0 aromatic carbocycles. The van der Waals surface area contributed by atoms with Gasteiger partial charge in [-0.05, 0) is 13.8 Å². The number of fused-ring (bicyclic) bond motifs is 1. The molecular formula is C14H19N3O3S. The molecule has 0 aliphatic carbocycles. The number of hydrogen-bond acceptors (Lipinski definition) is 5. The highest BCUT2D eigenvalue weighted by Crippen LogP contribution is 2.17. The summed E-state index contributed by atoms with van der Waals surface area (Å²) >= 11 is 1.52. The second kappa shape index (κ2) is 6.71. The van der Waals surface area contributed by atoms with Crippen LogP contribution in [0.4, 0.5) is 0 Å². The Balaban J connectivity index is 2.03. The number of aromatic nitrogens is 2. The quantitative estimate of drug-likeness (QED) is 0.761. The topological polar surface area (TPSA) is 63.9 Å². The fraction of sp³-hybridized carbons (Fsp3) is 0.500. The SMILES string of the molecule is CCN(CCC(=O)OC)C(=O)Cc1csc2nc(C)cn12. The maximum absolute atomic E-state index is 12.3. The minimum absolute atomic E-state index is 0.00690. The number of carbonyl (C=O) groups excluding carboxylic acids is 2. The lowest BCUT2D eigenvalue weighted by atomic mass is 10.2. The molecule has 0 saturated carbocycles. The van der Waals surface area contributed by atoms with Gasteiger partial charge in [-0.1, -0.05) is 0 Å². The lowest BCUT2D eigenvalue weighted by Gasteiger charge is -2.20. The van der Waals surface area contributed by atoms with Crippen LogP contribution in [0, 0.1) is 6.92 Å². The number of thiazole rings is 1. The molecule has 0 N–H and O–H groups in total. The van der Waals surface area contributed by atoms with Gasteiger partial charge in [0.15, 0.2) is 4.96 Å². The third-order valence-corrected chi connectivity index (χ3v) is 4.17. The van der Waals surface area contributed by atoms with Gasteiger partial charge in [0.1, 0.15) is 0 Å². The van der Waals surface area contributed by atoms with E-state index in [0.717, 1.165) is 16.3 Å². The molecule has 0 bridgehead atoms. The first kappa shape index (κ1) is 15.5. The number of ether oxygens (including phenoxy) is 1. The van der Waals surface area contributed by atoms with E-state index < -0.39 is 0 Å². The van der Waals surface area contributed by atoms with Crippen LogP contribution >= 0.6 is 11.3 Å². The Hall–Kier alpha value is -1.89. The van der Waals surface area contributed by atoms with E-state index in [0.29, 0.717) is 19.5 Å². The smallest absolute Gasteiger partial charge is 0.307 e. The third-order valence-electron chi connectivity index (χ3n) is 3.28. The first-order valence-electron chi connectivity index (χ1n) is 6.81. The predicted octanol–water partition coefficient (Wildman–Crippen LogP) is 1.66. The number of hydrogen-bond donors (Lipinski definition) is 0. The van der Waals surface area contributed by atoms with Crippen molar-refractivity contribution in [1.29, 1.82) is 0 Å². The van der Waals surface area contributed by atoms with Crippen LogP contribution in [0.25, 0.3) is 4.96 Å². The Labute approximate surface area is 127 Å². The van der Waals surface area contributed by atoms with E-state index in [2.05, 4.69) is 9.72 Å². The molecule has 21 heavy (non-hydrogen) atoms. The maximum atomic E-state index is 12.3. The largest absolute Gasteiger partial charge is 0.469 e. The molecule has 0 saturated heterocycles. The average molecular weight is 309 g/mol. The average Bonchev–Trinajstić information content (AvgIpc) is 2.99. The van der Waals surface area contributed by atoms with Crippen molar-refractivity contribution in [3.05, 3.63) is 23.0 Å². The first-order chi connectivity index (χ1) is 10.0. The molecule has 114 valence electrons. The molecule has 0 unspecified atom stereocenters. The fourth-order valence-electron chi connectivity index (χ4n) is 2.12. The lowest BCUT2D eigenvalue weighted by molar-refractivity contribution is -0.141. The van der Waals surface area contributed by atoms with Crippen molar-refractivity contribution < 1.29 is 14.3 Å². The molecule has 2 aromatic heterocycles. The Bertz CT molecular complexity index is 647. The van der Waals surface area contributed by atoms with E-state index in [-0.39, 0.29) is 18.3 Å². The molecule has 2 rings (SSSR count). The summed E-state index contributed by atoms with van der Waals surface area (Å²) in [4.78, 5) is 30.5. The molecule has 0 aliphatic rings. The zero-order valence-electron chi connectivity index (χ0n) is 12.5. The Morgan fingerprint density at radius 3 is 2.90 bits per heavy atom. The van der Waals surface area contributed by atoms with Gasteiger partial charge < -0.3 is 9.64 Å². The van der Waals surface area contributed by atoms with Gasteiger partial charge in [0.2, 0.25) is 5.91 Å². The van der Waals surface area contributed by atoms with Crippen LogP contribution in [0.15, 0.2) is 11.6 Å². The number of carbonyl (C=O) groups is 2. The molecule has 1 amide bonds. The summed E-state index contributed by atoms with van der Waals surface area (Å²) < 4.78 is 6.55. The van der Waals surface area contributed by atoms with Crippen molar-refractivity contribution in [3.8, 4) is 0 Å². The zero-order chi connectivity index (χ0) is 15.4. The van der Waals surface area contributed by atoms with Crippen LogP contribution in [0.2, 0.25) is 0 Å². The normalized spacial score (nSPS) is 10.8. The summed E-state index contributed by atoms with van der Waals surface area (Å²) in [7, 11) is 1.35. The van der Waals surface area contributed by atoms with Gasteiger partial charge in [-0.2, -0.15) is 0 Å².